The lowest BCUT2D eigenvalue weighted by Crippen LogP contribution is -2.20. The van der Waals surface area contributed by atoms with Crippen LogP contribution in [0.4, 0.5) is 0 Å². The van der Waals surface area contributed by atoms with E-state index in [1.54, 1.807) is 31.0 Å². The van der Waals surface area contributed by atoms with Crippen LogP contribution in [0.5, 0.6) is 5.75 Å². The van der Waals surface area contributed by atoms with Crippen molar-refractivity contribution in [3.63, 3.8) is 0 Å². The number of ether oxygens (including phenoxy) is 1. The van der Waals surface area contributed by atoms with Crippen molar-refractivity contribution in [2.75, 3.05) is 19.5 Å². The molecule has 0 saturated heterocycles. The van der Waals surface area contributed by atoms with Gasteiger partial charge in [0.2, 0.25) is 0 Å². The van der Waals surface area contributed by atoms with Crippen LogP contribution in [0.2, 0.25) is 0 Å². The second kappa shape index (κ2) is 7.57. The van der Waals surface area contributed by atoms with Gasteiger partial charge in [-0.05, 0) is 30.7 Å². The molecule has 0 atom stereocenters. The van der Waals surface area contributed by atoms with Gasteiger partial charge in [-0.2, -0.15) is 0 Å². The first-order valence-electron chi connectivity index (χ1n) is 4.97. The third kappa shape index (κ3) is 5.41. The summed E-state index contributed by atoms with van der Waals surface area (Å²) in [6, 6.07) is 7.18. The van der Waals surface area contributed by atoms with E-state index in [2.05, 4.69) is 0 Å². The molecule has 88 valence electrons. The highest BCUT2D eigenvalue weighted by atomic mass is 32.2. The van der Waals surface area contributed by atoms with Gasteiger partial charge in [0.05, 0.1) is 0 Å². The number of thioether (sulfide) groups is 1. The SMILES string of the molecule is COCCCSc1ccc(OB(O)O)cc1. The molecule has 1 aromatic rings. The molecule has 0 bridgehead atoms. The fraction of sp³-hybridized carbons (Fsp3) is 0.400. The summed E-state index contributed by atoms with van der Waals surface area (Å²) in [7, 11) is -0.0722. The van der Waals surface area contributed by atoms with E-state index in [0.717, 1.165) is 23.7 Å². The maximum atomic E-state index is 8.59. The van der Waals surface area contributed by atoms with Crippen LogP contribution in [0.25, 0.3) is 0 Å². The summed E-state index contributed by atoms with van der Waals surface area (Å²) in [5.41, 5.74) is 0. The van der Waals surface area contributed by atoms with Gasteiger partial charge >= 0.3 is 7.32 Å². The molecule has 0 spiro atoms. The van der Waals surface area contributed by atoms with E-state index in [-0.39, 0.29) is 0 Å². The second-order valence-electron chi connectivity index (χ2n) is 3.11. The maximum Gasteiger partial charge on any atom is 0.707 e. The van der Waals surface area contributed by atoms with Crippen LogP contribution in [0.3, 0.4) is 0 Å². The Morgan fingerprint density at radius 1 is 1.25 bits per heavy atom. The average molecular weight is 242 g/mol. The maximum absolute atomic E-state index is 8.59. The van der Waals surface area contributed by atoms with Gasteiger partial charge in [0.1, 0.15) is 5.75 Å². The summed E-state index contributed by atoms with van der Waals surface area (Å²) < 4.78 is 9.65. The molecule has 1 rings (SSSR count). The smallest absolute Gasteiger partial charge is 0.512 e. The Morgan fingerprint density at radius 2 is 1.94 bits per heavy atom. The van der Waals surface area contributed by atoms with Crippen LogP contribution in [-0.4, -0.2) is 36.8 Å². The molecular weight excluding hydrogens is 227 g/mol. The van der Waals surface area contributed by atoms with Crippen molar-refractivity contribution >= 4 is 19.1 Å². The van der Waals surface area contributed by atoms with Gasteiger partial charge in [-0.25, -0.2) is 0 Å². The standard InChI is InChI=1S/C10H15BO4S/c1-14-7-2-8-16-10-5-3-9(4-6-10)15-11(12)13/h3-6,12-13H,2,7-8H2,1H3. The Bertz CT molecular complexity index is 291. The van der Waals surface area contributed by atoms with E-state index in [1.807, 2.05) is 12.1 Å². The molecule has 0 aromatic heterocycles. The van der Waals surface area contributed by atoms with E-state index in [9.17, 15) is 0 Å². The normalized spacial score (nSPS) is 10.2. The molecular formula is C10H15BO4S. The van der Waals surface area contributed by atoms with Crippen molar-refractivity contribution in [1.29, 1.82) is 0 Å². The number of rotatable bonds is 7. The van der Waals surface area contributed by atoms with Crippen LogP contribution in [-0.2, 0) is 4.74 Å². The Kier molecular flexibility index (Phi) is 6.33. The van der Waals surface area contributed by atoms with E-state index >= 15 is 0 Å². The molecule has 0 unspecified atom stereocenters. The minimum absolute atomic E-state index is 0.441. The summed E-state index contributed by atoms with van der Waals surface area (Å²) in [5, 5.41) is 17.2. The summed E-state index contributed by atoms with van der Waals surface area (Å²) in [4.78, 5) is 1.12. The van der Waals surface area contributed by atoms with E-state index in [0.29, 0.717) is 5.75 Å². The van der Waals surface area contributed by atoms with Crippen molar-refractivity contribution in [2.24, 2.45) is 0 Å². The number of benzene rings is 1. The highest BCUT2D eigenvalue weighted by molar-refractivity contribution is 7.99. The quantitative estimate of drug-likeness (QED) is 0.427. The highest BCUT2D eigenvalue weighted by Crippen LogP contribution is 2.21. The second-order valence-corrected chi connectivity index (χ2v) is 4.28. The third-order valence-electron chi connectivity index (χ3n) is 1.83. The minimum atomic E-state index is -1.76. The number of methoxy groups -OCH3 is 1. The fourth-order valence-electron chi connectivity index (χ4n) is 1.13. The van der Waals surface area contributed by atoms with Crippen LogP contribution >= 0.6 is 11.8 Å². The monoisotopic (exact) mass is 242 g/mol. The van der Waals surface area contributed by atoms with Gasteiger partial charge in [0.15, 0.2) is 0 Å². The van der Waals surface area contributed by atoms with Gasteiger partial charge in [0, 0.05) is 24.4 Å². The Hall–Kier alpha value is -0.685. The molecule has 2 N–H and O–H groups in total. The summed E-state index contributed by atoms with van der Waals surface area (Å²) in [6.45, 7) is 0.769. The molecule has 0 amide bonds. The van der Waals surface area contributed by atoms with Crippen LogP contribution in [0, 0.1) is 0 Å². The average Bonchev–Trinajstić information content (AvgIpc) is 2.26. The minimum Gasteiger partial charge on any atom is -0.512 e. The van der Waals surface area contributed by atoms with E-state index in [1.165, 1.54) is 0 Å². The zero-order valence-corrected chi connectivity index (χ0v) is 9.94. The lowest BCUT2D eigenvalue weighted by atomic mass is 10.2. The van der Waals surface area contributed by atoms with Crippen LogP contribution < -0.4 is 4.65 Å². The Morgan fingerprint density at radius 3 is 2.50 bits per heavy atom. The molecule has 0 heterocycles. The Balaban J connectivity index is 2.33. The fourth-order valence-corrected chi connectivity index (χ4v) is 1.96. The molecule has 0 radical (unpaired) electrons. The largest absolute Gasteiger partial charge is 0.707 e. The van der Waals surface area contributed by atoms with Crippen LogP contribution in [0.1, 0.15) is 6.42 Å². The van der Waals surface area contributed by atoms with Gasteiger partial charge < -0.3 is 19.4 Å². The molecule has 0 fully saturated rings. The van der Waals surface area contributed by atoms with Crippen molar-refractivity contribution in [3.8, 4) is 5.75 Å². The third-order valence-corrected chi connectivity index (χ3v) is 2.93. The molecule has 6 heteroatoms. The van der Waals surface area contributed by atoms with E-state index in [4.69, 9.17) is 19.4 Å². The summed E-state index contributed by atoms with van der Waals surface area (Å²) >= 11 is 1.73. The topological polar surface area (TPSA) is 58.9 Å². The first-order chi connectivity index (χ1) is 7.72. The van der Waals surface area contributed by atoms with Gasteiger partial charge in [-0.15, -0.1) is 11.8 Å². The Labute approximate surface area is 99.8 Å². The summed E-state index contributed by atoms with van der Waals surface area (Å²) in [6.07, 6.45) is 1.01. The lowest BCUT2D eigenvalue weighted by Gasteiger charge is -2.05. The van der Waals surface area contributed by atoms with Gasteiger partial charge in [-0.3, -0.25) is 0 Å². The lowest BCUT2D eigenvalue weighted by molar-refractivity contribution is 0.200. The van der Waals surface area contributed by atoms with Gasteiger partial charge in [0.25, 0.3) is 0 Å². The molecule has 0 aliphatic carbocycles. The molecule has 0 aliphatic rings. The first kappa shape index (κ1) is 13.4. The molecule has 16 heavy (non-hydrogen) atoms. The predicted molar refractivity (Wildman–Crippen MR) is 64.5 cm³/mol. The van der Waals surface area contributed by atoms with Crippen molar-refractivity contribution in [2.45, 2.75) is 11.3 Å². The van der Waals surface area contributed by atoms with E-state index < -0.39 is 7.32 Å². The molecule has 0 saturated carbocycles. The van der Waals surface area contributed by atoms with Crippen molar-refractivity contribution in [3.05, 3.63) is 24.3 Å². The molecule has 1 aromatic carbocycles. The first-order valence-corrected chi connectivity index (χ1v) is 5.95. The van der Waals surface area contributed by atoms with Gasteiger partial charge in [-0.1, -0.05) is 0 Å². The molecule has 4 nitrogen and oxygen atoms in total. The predicted octanol–water partition coefficient (Wildman–Crippen LogP) is 1.16. The summed E-state index contributed by atoms with van der Waals surface area (Å²) in [5.74, 6) is 1.44. The van der Waals surface area contributed by atoms with Crippen molar-refractivity contribution < 1.29 is 19.4 Å². The van der Waals surface area contributed by atoms with Crippen molar-refractivity contribution in [1.82, 2.24) is 0 Å². The molecule has 0 aliphatic heterocycles. The highest BCUT2D eigenvalue weighted by Gasteiger charge is 2.10. The number of hydrogen-bond donors (Lipinski definition) is 2. The van der Waals surface area contributed by atoms with Crippen LogP contribution in [0.15, 0.2) is 29.2 Å². The zero-order chi connectivity index (χ0) is 11.8. The number of hydrogen-bond acceptors (Lipinski definition) is 5. The zero-order valence-electron chi connectivity index (χ0n) is 9.13.